The zero-order valence-corrected chi connectivity index (χ0v) is 24.8. The highest BCUT2D eigenvalue weighted by atomic mass is 16.4. The molecule has 0 amide bonds. The Hall–Kier alpha value is -2.88. The zero-order valence-electron chi connectivity index (χ0n) is 24.8. The molecule has 0 aliphatic carbocycles. The molecule has 2 aromatic carbocycles. The Labute approximate surface area is 236 Å². The third-order valence-electron chi connectivity index (χ3n) is 8.37. The van der Waals surface area contributed by atoms with E-state index in [-0.39, 0.29) is 6.42 Å². The minimum atomic E-state index is -1.08. The number of carboxylic acids is 2. The summed E-state index contributed by atoms with van der Waals surface area (Å²) < 4.78 is 0. The molecule has 4 heteroatoms. The summed E-state index contributed by atoms with van der Waals surface area (Å²) in [6.45, 7) is 9.44. The van der Waals surface area contributed by atoms with E-state index in [4.69, 9.17) is 0 Å². The summed E-state index contributed by atoms with van der Waals surface area (Å²) in [5.41, 5.74) is 2.05. The molecule has 0 aromatic heterocycles. The molecule has 0 fully saturated rings. The maximum Gasteiger partial charge on any atom is 0.309 e. The van der Waals surface area contributed by atoms with Gasteiger partial charge in [0.05, 0.1) is 10.8 Å². The minimum Gasteiger partial charge on any atom is -0.481 e. The summed E-state index contributed by atoms with van der Waals surface area (Å²) in [6.07, 6.45) is 11.3. The molecule has 3 atom stereocenters. The predicted molar refractivity (Wildman–Crippen MR) is 161 cm³/mol. The number of rotatable bonds is 18. The number of carboxylic acid groups (broad SMARTS) is 2. The van der Waals surface area contributed by atoms with Crippen LogP contribution in [0.15, 0.2) is 72.3 Å². The van der Waals surface area contributed by atoms with Crippen LogP contribution >= 0.6 is 0 Å². The number of hydrogen-bond acceptors (Lipinski definition) is 2. The first-order valence-corrected chi connectivity index (χ1v) is 14.7. The Morgan fingerprint density at radius 2 is 1.33 bits per heavy atom. The molecule has 0 radical (unpaired) electrons. The van der Waals surface area contributed by atoms with Crippen molar-refractivity contribution in [2.45, 2.75) is 111 Å². The number of allylic oxidation sites excluding steroid dienone is 2. The summed E-state index contributed by atoms with van der Waals surface area (Å²) in [5.74, 6) is -0.889. The summed E-state index contributed by atoms with van der Waals surface area (Å²) in [7, 11) is 0. The lowest BCUT2D eigenvalue weighted by Crippen LogP contribution is -2.37. The van der Waals surface area contributed by atoms with Crippen molar-refractivity contribution in [3.63, 3.8) is 0 Å². The van der Waals surface area contributed by atoms with Crippen molar-refractivity contribution in [3.8, 4) is 0 Å². The maximum atomic E-state index is 12.1. The van der Waals surface area contributed by atoms with Crippen LogP contribution in [0, 0.1) is 10.8 Å². The molecule has 4 nitrogen and oxygen atoms in total. The molecule has 2 aromatic rings. The van der Waals surface area contributed by atoms with Gasteiger partial charge in [0, 0.05) is 0 Å². The second-order valence-corrected chi connectivity index (χ2v) is 12.3. The average molecular weight is 535 g/mol. The van der Waals surface area contributed by atoms with Gasteiger partial charge in [-0.15, -0.1) is 0 Å². The average Bonchev–Trinajstić information content (AvgIpc) is 2.91. The van der Waals surface area contributed by atoms with Crippen molar-refractivity contribution in [1.29, 1.82) is 0 Å². The van der Waals surface area contributed by atoms with E-state index in [9.17, 15) is 19.8 Å². The molecule has 3 unspecified atom stereocenters. The fourth-order valence-corrected chi connectivity index (χ4v) is 5.86. The van der Waals surface area contributed by atoms with Crippen molar-refractivity contribution in [2.24, 2.45) is 10.8 Å². The van der Waals surface area contributed by atoms with Gasteiger partial charge in [-0.1, -0.05) is 85.7 Å². The highest BCUT2D eigenvalue weighted by molar-refractivity contribution is 5.78. The highest BCUT2D eigenvalue weighted by Gasteiger charge is 2.42. The second kappa shape index (κ2) is 15.6. The smallest absolute Gasteiger partial charge is 0.309 e. The quantitative estimate of drug-likeness (QED) is 0.187. The van der Waals surface area contributed by atoms with Crippen LogP contribution in [-0.4, -0.2) is 22.2 Å². The van der Waals surface area contributed by atoms with Crippen molar-refractivity contribution in [3.05, 3.63) is 83.4 Å². The van der Waals surface area contributed by atoms with E-state index in [1.807, 2.05) is 6.07 Å². The third-order valence-corrected chi connectivity index (χ3v) is 8.37. The summed E-state index contributed by atoms with van der Waals surface area (Å²) in [5, 5.41) is 19.5. The zero-order chi connectivity index (χ0) is 28.9. The van der Waals surface area contributed by atoms with Crippen LogP contribution in [0.3, 0.4) is 0 Å². The van der Waals surface area contributed by atoms with Gasteiger partial charge in [-0.05, 0) is 108 Å². The largest absolute Gasteiger partial charge is 0.481 e. The summed E-state index contributed by atoms with van der Waals surface area (Å²) in [6, 6.07) is 21.3. The van der Waals surface area contributed by atoms with Crippen molar-refractivity contribution >= 4 is 11.9 Å². The van der Waals surface area contributed by atoms with Crippen molar-refractivity contribution in [2.75, 3.05) is 0 Å². The Morgan fingerprint density at radius 3 is 1.85 bits per heavy atom. The van der Waals surface area contributed by atoms with Gasteiger partial charge in [0.15, 0.2) is 0 Å². The molecular weight excluding hydrogens is 484 g/mol. The van der Waals surface area contributed by atoms with E-state index in [1.165, 1.54) is 23.1 Å². The topological polar surface area (TPSA) is 74.6 Å². The second-order valence-electron chi connectivity index (χ2n) is 12.3. The number of benzene rings is 2. The molecule has 0 bridgehead atoms. The molecular formula is C35H50O4. The van der Waals surface area contributed by atoms with E-state index >= 15 is 0 Å². The van der Waals surface area contributed by atoms with Crippen LogP contribution in [-0.2, 0) is 9.59 Å². The van der Waals surface area contributed by atoms with Gasteiger partial charge in [-0.2, -0.15) is 0 Å². The van der Waals surface area contributed by atoms with Gasteiger partial charge in [0.25, 0.3) is 0 Å². The molecule has 2 N–H and O–H groups in total. The summed E-state index contributed by atoms with van der Waals surface area (Å²) in [4.78, 5) is 23.8. The minimum absolute atomic E-state index is 0.119. The molecule has 0 heterocycles. The van der Waals surface area contributed by atoms with Gasteiger partial charge in [-0.3, -0.25) is 9.59 Å². The number of hydrogen-bond donors (Lipinski definition) is 2. The standard InChI is InChI=1S/C35H50O4/c1-6-28(29-18-9-7-10-19-29)22-13-16-27(2)17-14-23-31(30-20-11-8-12-21-30)24-15-25-35(5,33(38)39)26-34(3,4)32(36)37/h7-12,16,18-21,28,31H,6,13-15,17,22-26H2,1-5H3,(H,36,37)(H,38,39)/b27-16+. The first-order chi connectivity index (χ1) is 18.5. The Balaban J connectivity index is 1.93. The summed E-state index contributed by atoms with van der Waals surface area (Å²) >= 11 is 0. The molecule has 0 aliphatic rings. The lowest BCUT2D eigenvalue weighted by molar-refractivity contribution is -0.156. The molecule has 0 saturated heterocycles. The van der Waals surface area contributed by atoms with Gasteiger partial charge in [-0.25, -0.2) is 0 Å². The Kier molecular flexibility index (Phi) is 13.0. The molecule has 2 rings (SSSR count). The molecule has 214 valence electrons. The molecule has 39 heavy (non-hydrogen) atoms. The van der Waals surface area contributed by atoms with Gasteiger partial charge >= 0.3 is 11.9 Å². The van der Waals surface area contributed by atoms with Gasteiger partial charge in [0.2, 0.25) is 0 Å². The van der Waals surface area contributed by atoms with Gasteiger partial charge in [0.1, 0.15) is 0 Å². The highest BCUT2D eigenvalue weighted by Crippen LogP contribution is 2.40. The fraction of sp³-hybridized carbons (Fsp3) is 0.543. The van der Waals surface area contributed by atoms with Crippen LogP contribution in [0.25, 0.3) is 0 Å². The van der Waals surface area contributed by atoms with Gasteiger partial charge < -0.3 is 10.2 Å². The lowest BCUT2D eigenvalue weighted by Gasteiger charge is -2.32. The molecule has 0 aliphatic heterocycles. The maximum absolute atomic E-state index is 12.1. The first-order valence-electron chi connectivity index (χ1n) is 14.7. The van der Waals surface area contributed by atoms with Crippen molar-refractivity contribution in [1.82, 2.24) is 0 Å². The molecule has 0 spiro atoms. The van der Waals surface area contributed by atoms with Crippen LogP contribution in [0.1, 0.15) is 122 Å². The van der Waals surface area contributed by atoms with Crippen molar-refractivity contribution < 1.29 is 19.8 Å². The normalized spacial score (nSPS) is 15.4. The first kappa shape index (κ1) is 32.3. The Morgan fingerprint density at radius 1 is 0.795 bits per heavy atom. The fourth-order valence-electron chi connectivity index (χ4n) is 5.86. The van der Waals surface area contributed by atoms with E-state index < -0.39 is 22.8 Å². The van der Waals surface area contributed by atoms with Crippen LogP contribution in [0.5, 0.6) is 0 Å². The number of aliphatic carboxylic acids is 2. The van der Waals surface area contributed by atoms with E-state index in [0.29, 0.717) is 18.3 Å². The molecule has 0 saturated carbocycles. The monoisotopic (exact) mass is 534 g/mol. The lowest BCUT2D eigenvalue weighted by atomic mass is 9.71. The van der Waals surface area contributed by atoms with Crippen LogP contribution in [0.2, 0.25) is 0 Å². The van der Waals surface area contributed by atoms with Crippen LogP contribution < -0.4 is 0 Å². The van der Waals surface area contributed by atoms with Crippen LogP contribution in [0.4, 0.5) is 0 Å². The van der Waals surface area contributed by atoms with E-state index in [2.05, 4.69) is 74.5 Å². The third kappa shape index (κ3) is 10.7. The van der Waals surface area contributed by atoms with E-state index in [1.54, 1.807) is 20.8 Å². The number of carbonyl (C=O) groups is 2. The predicted octanol–water partition coefficient (Wildman–Crippen LogP) is 9.62. The van der Waals surface area contributed by atoms with E-state index in [0.717, 1.165) is 44.9 Å². The SMILES string of the molecule is CCC(CC/C=C(\C)CCCC(CCCC(C)(CC(C)(C)C(=O)O)C(=O)O)c1ccccc1)c1ccccc1. The Bertz CT molecular complexity index is 1040.